The lowest BCUT2D eigenvalue weighted by Crippen LogP contribution is -2.57. The minimum atomic E-state index is -4.32. The van der Waals surface area contributed by atoms with Gasteiger partial charge in [-0.2, -0.15) is 8.42 Å². The number of carbonyl (C=O) groups excluding carboxylic acids is 3. The fourth-order valence-corrected chi connectivity index (χ4v) is 5.77. The zero-order valence-corrected chi connectivity index (χ0v) is 23.8. The van der Waals surface area contributed by atoms with Gasteiger partial charge < -0.3 is 4.18 Å². The van der Waals surface area contributed by atoms with E-state index in [1.54, 1.807) is 60.7 Å². The lowest BCUT2D eigenvalue weighted by Gasteiger charge is -2.33. The summed E-state index contributed by atoms with van der Waals surface area (Å²) < 4.78 is 30.7. The maximum atomic E-state index is 13.5. The molecule has 1 fully saturated rings. The molecule has 0 unspecified atom stereocenters. The Morgan fingerprint density at radius 2 is 1.12 bits per heavy atom. The van der Waals surface area contributed by atoms with Crippen molar-refractivity contribution >= 4 is 80.2 Å². The molecule has 0 N–H and O–H groups in total. The van der Waals surface area contributed by atoms with Crippen molar-refractivity contribution in [2.45, 2.75) is 4.90 Å². The third-order valence-electron chi connectivity index (χ3n) is 5.91. The Labute approximate surface area is 250 Å². The highest BCUT2D eigenvalue weighted by atomic mass is 35.5. The first kappa shape index (κ1) is 28.4. The number of halogens is 3. The van der Waals surface area contributed by atoms with Gasteiger partial charge in [-0.15, -0.1) is 0 Å². The second kappa shape index (κ2) is 11.4. The maximum Gasteiger partial charge on any atom is 0.343 e. The number of rotatable bonds is 6. The van der Waals surface area contributed by atoms with E-state index in [9.17, 15) is 22.8 Å². The molecule has 1 heterocycles. The van der Waals surface area contributed by atoms with Gasteiger partial charge in [0.1, 0.15) is 10.5 Å². The van der Waals surface area contributed by atoms with Crippen LogP contribution in [0.5, 0.6) is 5.75 Å². The maximum absolute atomic E-state index is 13.5. The van der Waals surface area contributed by atoms with Crippen molar-refractivity contribution in [3.05, 3.63) is 123 Å². The normalized spacial score (nSPS) is 13.9. The number of hydrogen-bond acceptors (Lipinski definition) is 6. The first-order chi connectivity index (χ1) is 19.6. The fourth-order valence-electron chi connectivity index (χ4n) is 4.01. The summed E-state index contributed by atoms with van der Waals surface area (Å²) in [7, 11) is -4.32. The predicted octanol–water partition coefficient (Wildman–Crippen LogP) is 7.00. The van der Waals surface area contributed by atoms with E-state index in [4.69, 9.17) is 39.0 Å². The SMILES string of the molecule is O=C1C(=Cc2cc(Cl)c(OS(=O)(=O)c3ccc(Cl)cc3)c(Cl)c2)C(=O)N(c2ccccc2)C(=O)N1c1ccccc1. The summed E-state index contributed by atoms with van der Waals surface area (Å²) in [5.41, 5.74) is 0.346. The van der Waals surface area contributed by atoms with Crippen molar-refractivity contribution in [2.24, 2.45) is 0 Å². The molecule has 1 aliphatic heterocycles. The van der Waals surface area contributed by atoms with Crippen molar-refractivity contribution in [3.8, 4) is 5.75 Å². The smallest absolute Gasteiger partial charge is 0.343 e. The molecular weight excluding hydrogens is 611 g/mol. The Bertz CT molecular complexity index is 1730. The molecule has 12 heteroatoms. The minimum absolute atomic E-state index is 0.176. The van der Waals surface area contributed by atoms with Crippen molar-refractivity contribution in [2.75, 3.05) is 9.80 Å². The van der Waals surface area contributed by atoms with Crippen molar-refractivity contribution in [3.63, 3.8) is 0 Å². The van der Waals surface area contributed by atoms with Crippen molar-refractivity contribution < 1.29 is 27.0 Å². The van der Waals surface area contributed by atoms with Gasteiger partial charge >= 0.3 is 16.1 Å². The summed E-state index contributed by atoms with van der Waals surface area (Å²) in [6.45, 7) is 0. The fraction of sp³-hybridized carbons (Fsp3) is 0. The topological polar surface area (TPSA) is 101 Å². The third kappa shape index (κ3) is 5.71. The van der Waals surface area contributed by atoms with Crippen LogP contribution in [-0.4, -0.2) is 26.3 Å². The van der Waals surface area contributed by atoms with Gasteiger partial charge in [-0.3, -0.25) is 9.59 Å². The summed E-state index contributed by atoms with van der Waals surface area (Å²) in [4.78, 5) is 42.1. The van der Waals surface area contributed by atoms with Crippen LogP contribution in [-0.2, 0) is 19.7 Å². The highest BCUT2D eigenvalue weighted by Gasteiger charge is 2.43. The molecule has 4 amide bonds. The molecule has 1 saturated heterocycles. The van der Waals surface area contributed by atoms with Gasteiger partial charge in [0.25, 0.3) is 11.8 Å². The number of benzene rings is 4. The van der Waals surface area contributed by atoms with Crippen LogP contribution in [0, 0.1) is 0 Å². The average Bonchev–Trinajstić information content (AvgIpc) is 2.94. The van der Waals surface area contributed by atoms with Gasteiger partial charge in [0.2, 0.25) is 0 Å². The van der Waals surface area contributed by atoms with E-state index >= 15 is 0 Å². The third-order valence-corrected chi connectivity index (χ3v) is 7.95. The molecular formula is C29H17Cl3N2O6S. The van der Waals surface area contributed by atoms with Gasteiger partial charge in [0, 0.05) is 5.02 Å². The second-order valence-corrected chi connectivity index (χ2v) is 11.4. The number of urea groups is 1. The number of para-hydroxylation sites is 2. The van der Waals surface area contributed by atoms with E-state index in [1.807, 2.05) is 0 Å². The summed E-state index contributed by atoms with van der Waals surface area (Å²) in [6, 6.07) is 23.3. The Morgan fingerprint density at radius 3 is 1.59 bits per heavy atom. The molecule has 4 aromatic rings. The van der Waals surface area contributed by atoms with Gasteiger partial charge in [0.05, 0.1) is 21.4 Å². The highest BCUT2D eigenvalue weighted by Crippen LogP contribution is 2.38. The van der Waals surface area contributed by atoms with Crippen LogP contribution in [0.1, 0.15) is 5.56 Å². The number of nitrogens with zero attached hydrogens (tertiary/aromatic N) is 2. The summed E-state index contributed by atoms with van der Waals surface area (Å²) in [5, 5.41) is -0.0652. The predicted molar refractivity (Wildman–Crippen MR) is 157 cm³/mol. The first-order valence-corrected chi connectivity index (χ1v) is 14.3. The van der Waals surface area contributed by atoms with Gasteiger partial charge in [0.15, 0.2) is 5.75 Å². The van der Waals surface area contributed by atoms with E-state index in [2.05, 4.69) is 0 Å². The zero-order chi connectivity index (χ0) is 29.3. The summed E-state index contributed by atoms with van der Waals surface area (Å²) in [5.74, 6) is -2.08. The van der Waals surface area contributed by atoms with Crippen molar-refractivity contribution in [1.29, 1.82) is 0 Å². The molecule has 206 valence electrons. The standard InChI is InChI=1S/C29H17Cl3N2O6S/c30-19-11-13-22(14-12-19)41(38,39)40-26-24(31)16-18(17-25(26)32)15-23-27(35)33(20-7-3-1-4-8-20)29(37)34(28(23)36)21-9-5-2-6-10-21/h1-17H. The molecule has 0 spiro atoms. The molecule has 0 aromatic heterocycles. The van der Waals surface area contributed by atoms with Crippen LogP contribution in [0.4, 0.5) is 16.2 Å². The highest BCUT2D eigenvalue weighted by molar-refractivity contribution is 7.87. The average molecular weight is 628 g/mol. The van der Waals surface area contributed by atoms with E-state index < -0.39 is 28.0 Å². The molecule has 1 aliphatic rings. The first-order valence-electron chi connectivity index (χ1n) is 11.8. The number of barbiturate groups is 1. The molecule has 0 atom stereocenters. The molecule has 0 radical (unpaired) electrons. The van der Waals surface area contributed by atoms with Gasteiger partial charge in [-0.1, -0.05) is 71.2 Å². The molecule has 0 saturated carbocycles. The van der Waals surface area contributed by atoms with Crippen LogP contribution in [0.25, 0.3) is 6.08 Å². The number of hydrogen-bond donors (Lipinski definition) is 0. The summed E-state index contributed by atoms with van der Waals surface area (Å²) in [6.07, 6.45) is 1.22. The molecule has 8 nitrogen and oxygen atoms in total. The Morgan fingerprint density at radius 1 is 0.659 bits per heavy atom. The van der Waals surface area contributed by atoms with Crippen LogP contribution in [0.3, 0.4) is 0 Å². The molecule has 0 bridgehead atoms. The second-order valence-electron chi connectivity index (χ2n) is 8.60. The Kier molecular flexibility index (Phi) is 7.88. The monoisotopic (exact) mass is 626 g/mol. The Hall–Kier alpha value is -4.15. The quantitative estimate of drug-likeness (QED) is 0.130. The largest absolute Gasteiger partial charge is 0.376 e. The van der Waals surface area contributed by atoms with Crippen LogP contribution >= 0.6 is 34.8 Å². The van der Waals surface area contributed by atoms with E-state index in [-0.39, 0.29) is 43.2 Å². The van der Waals surface area contributed by atoms with E-state index in [1.165, 1.54) is 42.5 Å². The number of amides is 4. The van der Waals surface area contributed by atoms with Crippen LogP contribution in [0.15, 0.2) is 108 Å². The number of carbonyl (C=O) groups is 3. The molecule has 4 aromatic carbocycles. The van der Waals surface area contributed by atoms with E-state index in [0.717, 1.165) is 9.80 Å². The molecule has 5 rings (SSSR count). The molecule has 0 aliphatic carbocycles. The lowest BCUT2D eigenvalue weighted by molar-refractivity contribution is -0.121. The van der Waals surface area contributed by atoms with Crippen LogP contribution < -0.4 is 14.0 Å². The van der Waals surface area contributed by atoms with Crippen molar-refractivity contribution in [1.82, 2.24) is 0 Å². The summed E-state index contributed by atoms with van der Waals surface area (Å²) >= 11 is 18.5. The van der Waals surface area contributed by atoms with Gasteiger partial charge in [-0.05, 0) is 72.3 Å². The molecule has 41 heavy (non-hydrogen) atoms. The zero-order valence-electron chi connectivity index (χ0n) is 20.7. The minimum Gasteiger partial charge on any atom is -0.376 e. The number of imide groups is 2. The van der Waals surface area contributed by atoms with Crippen LogP contribution in [0.2, 0.25) is 15.1 Å². The van der Waals surface area contributed by atoms with Gasteiger partial charge in [-0.25, -0.2) is 14.6 Å². The Balaban J connectivity index is 1.55. The van der Waals surface area contributed by atoms with E-state index in [0.29, 0.717) is 5.02 Å². The lowest BCUT2D eigenvalue weighted by atomic mass is 10.0. The number of anilines is 2.